The zero-order valence-corrected chi connectivity index (χ0v) is 8.22. The summed E-state index contributed by atoms with van der Waals surface area (Å²) in [6.07, 6.45) is 7.98. The maximum absolute atomic E-state index is 9.95. The number of terminal acetylenes is 1. The maximum Gasteiger partial charge on any atom is 0.126 e. The molecule has 0 radical (unpaired) electrons. The molecule has 1 N–H and O–H groups in total. The highest BCUT2D eigenvalue weighted by Crippen LogP contribution is 2.43. The van der Waals surface area contributed by atoms with Gasteiger partial charge in [0.25, 0.3) is 0 Å². The highest BCUT2D eigenvalue weighted by Gasteiger charge is 2.40. The molecule has 0 aliphatic heterocycles. The van der Waals surface area contributed by atoms with Crippen molar-refractivity contribution in [3.63, 3.8) is 0 Å². The largest absolute Gasteiger partial charge is 0.378 e. The third kappa shape index (κ3) is 2.01. The van der Waals surface area contributed by atoms with Crippen LogP contribution in [0.3, 0.4) is 0 Å². The maximum atomic E-state index is 9.95. The molecule has 0 heterocycles. The lowest BCUT2D eigenvalue weighted by atomic mass is 9.66. The molecule has 1 heteroatoms. The van der Waals surface area contributed by atoms with Crippen LogP contribution in [0.4, 0.5) is 0 Å². The van der Waals surface area contributed by atoms with E-state index in [2.05, 4.69) is 26.7 Å². The lowest BCUT2D eigenvalue weighted by molar-refractivity contribution is -0.0133. The molecule has 0 aromatic carbocycles. The second-order valence-corrected chi connectivity index (χ2v) is 5.03. The first-order valence-corrected chi connectivity index (χ1v) is 4.57. The Kier molecular flexibility index (Phi) is 2.23. The summed E-state index contributed by atoms with van der Waals surface area (Å²) >= 11 is 0. The SMILES string of the molecule is C#C[C@]1(O)C[C@@H](C)CC(C)(C)C1. The van der Waals surface area contributed by atoms with Crippen molar-refractivity contribution in [3.05, 3.63) is 0 Å². The first-order valence-electron chi connectivity index (χ1n) is 4.57. The van der Waals surface area contributed by atoms with E-state index in [0.29, 0.717) is 5.92 Å². The second kappa shape index (κ2) is 2.78. The molecule has 2 atom stereocenters. The Hall–Kier alpha value is -0.480. The van der Waals surface area contributed by atoms with E-state index in [1.54, 1.807) is 0 Å². The van der Waals surface area contributed by atoms with Gasteiger partial charge in [0.05, 0.1) is 0 Å². The van der Waals surface area contributed by atoms with Gasteiger partial charge in [-0.05, 0) is 30.6 Å². The molecular weight excluding hydrogens is 148 g/mol. The van der Waals surface area contributed by atoms with E-state index in [0.717, 1.165) is 19.3 Å². The van der Waals surface area contributed by atoms with E-state index in [-0.39, 0.29) is 5.41 Å². The van der Waals surface area contributed by atoms with Crippen LogP contribution in [0.15, 0.2) is 0 Å². The van der Waals surface area contributed by atoms with Crippen LogP contribution < -0.4 is 0 Å². The lowest BCUT2D eigenvalue weighted by Gasteiger charge is -2.41. The topological polar surface area (TPSA) is 20.2 Å². The van der Waals surface area contributed by atoms with Crippen molar-refractivity contribution in [2.75, 3.05) is 0 Å². The molecule has 1 aliphatic rings. The molecule has 0 saturated heterocycles. The Morgan fingerprint density at radius 3 is 2.42 bits per heavy atom. The highest BCUT2D eigenvalue weighted by molar-refractivity contribution is 5.11. The van der Waals surface area contributed by atoms with E-state index < -0.39 is 5.60 Å². The Morgan fingerprint density at radius 2 is 2.00 bits per heavy atom. The third-order valence-corrected chi connectivity index (χ3v) is 2.63. The Bertz CT molecular complexity index is 212. The normalized spacial score (nSPS) is 40.4. The lowest BCUT2D eigenvalue weighted by Crippen LogP contribution is -2.40. The Balaban J connectivity index is 2.78. The van der Waals surface area contributed by atoms with Crippen LogP contribution in [0.25, 0.3) is 0 Å². The summed E-state index contributed by atoms with van der Waals surface area (Å²) in [6.45, 7) is 6.50. The number of hydrogen-bond acceptors (Lipinski definition) is 1. The van der Waals surface area contributed by atoms with E-state index in [9.17, 15) is 5.11 Å². The predicted octanol–water partition coefficient (Wildman–Crippen LogP) is 2.20. The standard InChI is InChI=1S/C11H18O/c1-5-11(12)7-9(2)6-10(3,4)8-11/h1,9,12H,6-8H2,2-4H3/t9-,11-/m0/s1. The van der Waals surface area contributed by atoms with Crippen molar-refractivity contribution in [2.45, 2.75) is 45.6 Å². The summed E-state index contributed by atoms with van der Waals surface area (Å²) < 4.78 is 0. The summed E-state index contributed by atoms with van der Waals surface area (Å²) in [4.78, 5) is 0. The van der Waals surface area contributed by atoms with Gasteiger partial charge in [-0.3, -0.25) is 0 Å². The molecule has 0 amide bonds. The summed E-state index contributed by atoms with van der Waals surface area (Å²) in [5.74, 6) is 3.06. The van der Waals surface area contributed by atoms with Crippen molar-refractivity contribution >= 4 is 0 Å². The van der Waals surface area contributed by atoms with Crippen LogP contribution in [0.5, 0.6) is 0 Å². The van der Waals surface area contributed by atoms with Crippen LogP contribution in [0.1, 0.15) is 40.0 Å². The fraction of sp³-hybridized carbons (Fsp3) is 0.818. The predicted molar refractivity (Wildman–Crippen MR) is 50.6 cm³/mol. The second-order valence-electron chi connectivity index (χ2n) is 5.03. The van der Waals surface area contributed by atoms with Crippen molar-refractivity contribution in [1.29, 1.82) is 0 Å². The number of aliphatic hydroxyl groups is 1. The van der Waals surface area contributed by atoms with Gasteiger partial charge in [0.2, 0.25) is 0 Å². The smallest absolute Gasteiger partial charge is 0.126 e. The van der Waals surface area contributed by atoms with Gasteiger partial charge in [0.1, 0.15) is 5.60 Å². The molecule has 0 aromatic heterocycles. The van der Waals surface area contributed by atoms with Gasteiger partial charge in [0.15, 0.2) is 0 Å². The average molecular weight is 166 g/mol. The molecule has 12 heavy (non-hydrogen) atoms. The summed E-state index contributed by atoms with van der Waals surface area (Å²) in [5.41, 5.74) is -0.653. The van der Waals surface area contributed by atoms with Gasteiger partial charge in [-0.25, -0.2) is 0 Å². The van der Waals surface area contributed by atoms with E-state index in [1.807, 2.05) is 0 Å². The number of hydrogen-bond donors (Lipinski definition) is 1. The first-order chi connectivity index (χ1) is 5.37. The molecule has 0 unspecified atom stereocenters. The van der Waals surface area contributed by atoms with Crippen molar-refractivity contribution < 1.29 is 5.11 Å². The molecule has 0 spiro atoms. The summed E-state index contributed by atoms with van der Waals surface area (Å²) in [7, 11) is 0. The van der Waals surface area contributed by atoms with E-state index >= 15 is 0 Å². The average Bonchev–Trinajstić information content (AvgIpc) is 1.82. The molecule has 68 valence electrons. The zero-order valence-electron chi connectivity index (χ0n) is 8.22. The minimum Gasteiger partial charge on any atom is -0.378 e. The Labute approximate surface area is 75.2 Å². The number of rotatable bonds is 0. The molecular formula is C11H18O. The minimum atomic E-state index is -0.846. The third-order valence-electron chi connectivity index (χ3n) is 2.63. The summed E-state index contributed by atoms with van der Waals surface area (Å²) in [6, 6.07) is 0. The van der Waals surface area contributed by atoms with Crippen molar-refractivity contribution in [1.82, 2.24) is 0 Å². The van der Waals surface area contributed by atoms with Crippen LogP contribution in [-0.2, 0) is 0 Å². The highest BCUT2D eigenvalue weighted by atomic mass is 16.3. The monoisotopic (exact) mass is 166 g/mol. The molecule has 1 saturated carbocycles. The fourth-order valence-electron chi connectivity index (χ4n) is 2.64. The molecule has 0 aromatic rings. The fourth-order valence-corrected chi connectivity index (χ4v) is 2.64. The van der Waals surface area contributed by atoms with Gasteiger partial charge in [-0.1, -0.05) is 26.7 Å². The Morgan fingerprint density at radius 1 is 1.42 bits per heavy atom. The van der Waals surface area contributed by atoms with E-state index in [4.69, 9.17) is 6.42 Å². The quantitative estimate of drug-likeness (QED) is 0.547. The van der Waals surface area contributed by atoms with Gasteiger partial charge < -0.3 is 5.11 Å². The molecule has 0 bridgehead atoms. The van der Waals surface area contributed by atoms with Gasteiger partial charge in [0, 0.05) is 0 Å². The van der Waals surface area contributed by atoms with Crippen LogP contribution in [-0.4, -0.2) is 10.7 Å². The van der Waals surface area contributed by atoms with Gasteiger partial charge >= 0.3 is 0 Å². The van der Waals surface area contributed by atoms with Crippen LogP contribution >= 0.6 is 0 Å². The first kappa shape index (κ1) is 9.61. The molecule has 1 aliphatic carbocycles. The van der Waals surface area contributed by atoms with Crippen LogP contribution in [0.2, 0.25) is 0 Å². The molecule has 1 rings (SSSR count). The van der Waals surface area contributed by atoms with Crippen LogP contribution in [0, 0.1) is 23.7 Å². The molecule has 1 nitrogen and oxygen atoms in total. The van der Waals surface area contributed by atoms with Crippen molar-refractivity contribution in [3.8, 4) is 12.3 Å². The van der Waals surface area contributed by atoms with Crippen molar-refractivity contribution in [2.24, 2.45) is 11.3 Å². The molecule has 1 fully saturated rings. The van der Waals surface area contributed by atoms with Gasteiger partial charge in [-0.2, -0.15) is 0 Å². The minimum absolute atomic E-state index is 0.193. The van der Waals surface area contributed by atoms with Gasteiger partial charge in [-0.15, -0.1) is 6.42 Å². The van der Waals surface area contributed by atoms with E-state index in [1.165, 1.54) is 0 Å². The zero-order chi connectivity index (χ0) is 9.41. The summed E-state index contributed by atoms with van der Waals surface area (Å²) in [5, 5.41) is 9.95.